The van der Waals surface area contributed by atoms with Crippen molar-refractivity contribution in [3.8, 4) is 0 Å². The molecule has 1 aromatic heterocycles. The van der Waals surface area contributed by atoms with Crippen LogP contribution in [0.5, 0.6) is 0 Å². The minimum atomic E-state index is 0.398. The predicted molar refractivity (Wildman–Crippen MR) is 70.6 cm³/mol. The molecule has 1 rings (SSSR count). The molecule has 0 saturated carbocycles. The molecular weight excluding hydrogens is 274 g/mol. The molecule has 0 atom stereocenters. The van der Waals surface area contributed by atoms with Gasteiger partial charge in [-0.1, -0.05) is 13.8 Å². The first-order valence-electron chi connectivity index (χ1n) is 4.83. The molecule has 0 unspecified atom stereocenters. The van der Waals surface area contributed by atoms with Crippen LogP contribution < -0.4 is 5.32 Å². The zero-order valence-corrected chi connectivity index (χ0v) is 11.9. The molecule has 0 aliphatic heterocycles. The minimum Gasteiger partial charge on any atom is -0.372 e. The van der Waals surface area contributed by atoms with Crippen LogP contribution in [0.3, 0.4) is 0 Å². The van der Waals surface area contributed by atoms with Gasteiger partial charge in [-0.25, -0.2) is 9.97 Å². The maximum atomic E-state index is 4.55. The number of anilines is 1. The van der Waals surface area contributed by atoms with E-state index in [1.807, 2.05) is 7.05 Å². The van der Waals surface area contributed by atoms with E-state index in [9.17, 15) is 0 Å². The van der Waals surface area contributed by atoms with E-state index < -0.39 is 0 Å². The number of rotatable bonds is 4. The average molecular weight is 290 g/mol. The van der Waals surface area contributed by atoms with Crippen LogP contribution in [0.15, 0.2) is 4.47 Å². The zero-order valence-electron chi connectivity index (χ0n) is 9.47. The van der Waals surface area contributed by atoms with Gasteiger partial charge in [-0.3, -0.25) is 0 Å². The van der Waals surface area contributed by atoms with E-state index in [1.165, 1.54) is 0 Å². The lowest BCUT2D eigenvalue weighted by Gasteiger charge is -2.12. The molecule has 1 heterocycles. The van der Waals surface area contributed by atoms with Crippen LogP contribution in [-0.4, -0.2) is 23.3 Å². The SMILES string of the molecule is CNc1nc(CSC)nc(C(C)C)c1Br. The molecule has 5 heteroatoms. The summed E-state index contributed by atoms with van der Waals surface area (Å²) in [6, 6.07) is 0. The maximum Gasteiger partial charge on any atom is 0.144 e. The highest BCUT2D eigenvalue weighted by molar-refractivity contribution is 9.10. The number of halogens is 1. The van der Waals surface area contributed by atoms with Crippen LogP contribution in [0, 0.1) is 0 Å². The number of thioether (sulfide) groups is 1. The molecule has 1 aromatic rings. The summed E-state index contributed by atoms with van der Waals surface area (Å²) in [4.78, 5) is 8.98. The molecular formula is C10H16BrN3S. The first-order chi connectivity index (χ1) is 7.10. The summed E-state index contributed by atoms with van der Waals surface area (Å²) in [6.07, 6.45) is 2.06. The lowest BCUT2D eigenvalue weighted by molar-refractivity contribution is 0.793. The Morgan fingerprint density at radius 3 is 2.53 bits per heavy atom. The summed E-state index contributed by atoms with van der Waals surface area (Å²) in [6.45, 7) is 4.27. The van der Waals surface area contributed by atoms with E-state index in [-0.39, 0.29) is 0 Å². The summed E-state index contributed by atoms with van der Waals surface area (Å²) in [5.41, 5.74) is 1.07. The molecule has 0 saturated heterocycles. The monoisotopic (exact) mass is 289 g/mol. The Labute approximate surface area is 104 Å². The van der Waals surface area contributed by atoms with Crippen LogP contribution in [0.2, 0.25) is 0 Å². The lowest BCUT2D eigenvalue weighted by Crippen LogP contribution is -2.06. The van der Waals surface area contributed by atoms with E-state index in [0.717, 1.165) is 27.6 Å². The topological polar surface area (TPSA) is 37.8 Å². The van der Waals surface area contributed by atoms with Gasteiger partial charge in [0.05, 0.1) is 15.9 Å². The first kappa shape index (κ1) is 12.8. The van der Waals surface area contributed by atoms with Gasteiger partial charge in [-0.2, -0.15) is 11.8 Å². The van der Waals surface area contributed by atoms with Gasteiger partial charge in [0.15, 0.2) is 0 Å². The highest BCUT2D eigenvalue weighted by atomic mass is 79.9. The lowest BCUT2D eigenvalue weighted by atomic mass is 10.1. The Morgan fingerprint density at radius 2 is 2.07 bits per heavy atom. The second-order valence-corrected chi connectivity index (χ2v) is 5.18. The Hall–Kier alpha value is -0.290. The molecule has 0 amide bonds. The standard InChI is InChI=1S/C10H16BrN3S/c1-6(2)9-8(11)10(12-3)14-7(13-9)5-15-4/h6H,5H2,1-4H3,(H,12,13,14). The normalized spacial score (nSPS) is 10.8. The van der Waals surface area contributed by atoms with E-state index in [2.05, 4.69) is 51.3 Å². The van der Waals surface area contributed by atoms with Gasteiger partial charge >= 0.3 is 0 Å². The number of nitrogens with one attached hydrogen (secondary N) is 1. The van der Waals surface area contributed by atoms with E-state index in [0.29, 0.717) is 5.92 Å². The molecule has 84 valence electrons. The second-order valence-electron chi connectivity index (χ2n) is 3.53. The van der Waals surface area contributed by atoms with Crippen molar-refractivity contribution in [2.24, 2.45) is 0 Å². The van der Waals surface area contributed by atoms with Crippen molar-refractivity contribution in [3.05, 3.63) is 16.0 Å². The highest BCUT2D eigenvalue weighted by Crippen LogP contribution is 2.29. The van der Waals surface area contributed by atoms with Crippen molar-refractivity contribution < 1.29 is 0 Å². The van der Waals surface area contributed by atoms with Crippen molar-refractivity contribution in [1.29, 1.82) is 0 Å². The summed E-state index contributed by atoms with van der Waals surface area (Å²) in [7, 11) is 1.88. The Morgan fingerprint density at radius 1 is 1.40 bits per heavy atom. The summed E-state index contributed by atoms with van der Waals surface area (Å²) in [5, 5.41) is 3.08. The zero-order chi connectivity index (χ0) is 11.4. The third kappa shape index (κ3) is 3.08. The molecule has 0 aliphatic carbocycles. The average Bonchev–Trinajstić information content (AvgIpc) is 2.20. The summed E-state index contributed by atoms with van der Waals surface area (Å²) < 4.78 is 0.977. The van der Waals surface area contributed by atoms with Gasteiger partial charge in [0, 0.05) is 7.05 Å². The molecule has 0 bridgehead atoms. The van der Waals surface area contributed by atoms with Crippen molar-refractivity contribution in [2.45, 2.75) is 25.5 Å². The van der Waals surface area contributed by atoms with Crippen LogP contribution in [0.1, 0.15) is 31.3 Å². The Bertz CT molecular complexity index is 342. The van der Waals surface area contributed by atoms with E-state index >= 15 is 0 Å². The molecule has 0 fully saturated rings. The van der Waals surface area contributed by atoms with Gasteiger partial charge in [0.25, 0.3) is 0 Å². The van der Waals surface area contributed by atoms with E-state index in [4.69, 9.17) is 0 Å². The smallest absolute Gasteiger partial charge is 0.144 e. The van der Waals surface area contributed by atoms with Crippen molar-refractivity contribution in [2.75, 3.05) is 18.6 Å². The van der Waals surface area contributed by atoms with Gasteiger partial charge in [0.2, 0.25) is 0 Å². The number of aromatic nitrogens is 2. The third-order valence-corrected chi connectivity index (χ3v) is 3.31. The van der Waals surface area contributed by atoms with Crippen LogP contribution >= 0.6 is 27.7 Å². The highest BCUT2D eigenvalue weighted by Gasteiger charge is 2.13. The van der Waals surface area contributed by atoms with Gasteiger partial charge in [-0.05, 0) is 28.1 Å². The number of nitrogens with zero attached hydrogens (tertiary/aromatic N) is 2. The largest absolute Gasteiger partial charge is 0.372 e. The van der Waals surface area contributed by atoms with Crippen molar-refractivity contribution in [1.82, 2.24) is 9.97 Å². The predicted octanol–water partition coefficient (Wildman–Crippen LogP) is 3.27. The molecule has 0 spiro atoms. The van der Waals surface area contributed by atoms with Crippen molar-refractivity contribution in [3.63, 3.8) is 0 Å². The van der Waals surface area contributed by atoms with Gasteiger partial charge < -0.3 is 5.32 Å². The molecule has 0 radical (unpaired) electrons. The Kier molecular flexibility index (Phi) is 4.86. The second kappa shape index (κ2) is 5.70. The molecule has 1 N–H and O–H groups in total. The number of hydrogen-bond acceptors (Lipinski definition) is 4. The van der Waals surface area contributed by atoms with Crippen LogP contribution in [0.25, 0.3) is 0 Å². The number of hydrogen-bond donors (Lipinski definition) is 1. The Balaban J connectivity index is 3.19. The molecule has 0 aromatic carbocycles. The van der Waals surface area contributed by atoms with Crippen LogP contribution in [0.4, 0.5) is 5.82 Å². The minimum absolute atomic E-state index is 0.398. The van der Waals surface area contributed by atoms with Gasteiger partial charge in [-0.15, -0.1) is 0 Å². The summed E-state index contributed by atoms with van der Waals surface area (Å²) >= 11 is 5.27. The van der Waals surface area contributed by atoms with Gasteiger partial charge in [0.1, 0.15) is 11.6 Å². The van der Waals surface area contributed by atoms with Crippen molar-refractivity contribution >= 4 is 33.5 Å². The van der Waals surface area contributed by atoms with E-state index in [1.54, 1.807) is 11.8 Å². The fourth-order valence-corrected chi connectivity index (χ4v) is 2.48. The molecule has 0 aliphatic rings. The first-order valence-corrected chi connectivity index (χ1v) is 7.01. The van der Waals surface area contributed by atoms with Crippen LogP contribution in [-0.2, 0) is 5.75 Å². The quantitative estimate of drug-likeness (QED) is 0.923. The fourth-order valence-electron chi connectivity index (χ4n) is 1.25. The molecule has 15 heavy (non-hydrogen) atoms. The summed E-state index contributed by atoms with van der Waals surface area (Å²) in [5.74, 6) is 3.01. The molecule has 3 nitrogen and oxygen atoms in total. The fraction of sp³-hybridized carbons (Fsp3) is 0.600. The third-order valence-electron chi connectivity index (χ3n) is 1.98. The maximum absolute atomic E-state index is 4.55.